The third kappa shape index (κ3) is 4.31. The van der Waals surface area contributed by atoms with Gasteiger partial charge in [0.1, 0.15) is 31.4 Å². The lowest BCUT2D eigenvalue weighted by Gasteiger charge is -2.23. The van der Waals surface area contributed by atoms with Crippen molar-refractivity contribution in [2.24, 2.45) is 0 Å². The molecule has 222 valence electrons. The van der Waals surface area contributed by atoms with E-state index in [2.05, 4.69) is 139 Å². The molecule has 0 fully saturated rings. The highest BCUT2D eigenvalue weighted by atomic mass is 32.1. The average Bonchev–Trinajstić information content (AvgIpc) is 3.68. The van der Waals surface area contributed by atoms with Crippen molar-refractivity contribution in [2.45, 2.75) is 0 Å². The van der Waals surface area contributed by atoms with Gasteiger partial charge in [-0.05, 0) is 24.3 Å². The van der Waals surface area contributed by atoms with E-state index in [0.29, 0.717) is 17.5 Å². The molecule has 6 aromatic carbocycles. The molecule has 3 heterocycles. The fraction of sp³-hybridized carbons (Fsp3) is 0. The average molecular weight is 628 g/mol. The predicted molar refractivity (Wildman–Crippen MR) is 216 cm³/mol. The molecule has 3 aromatic heterocycles. The Labute approximate surface area is 286 Å². The van der Waals surface area contributed by atoms with Crippen LogP contribution in [0.1, 0.15) is 0 Å². The van der Waals surface area contributed by atoms with Gasteiger partial charge >= 0.3 is 0 Å². The van der Waals surface area contributed by atoms with Gasteiger partial charge in [-0.25, -0.2) is 15.0 Å². The number of fused-ring (bicyclic) bond motifs is 6. The Balaban J connectivity index is 1.31. The largest absolute Gasteiger partial charge is 0.310 e. The van der Waals surface area contributed by atoms with Gasteiger partial charge in [0.2, 0.25) is 0 Å². The van der Waals surface area contributed by atoms with Crippen LogP contribution in [-0.4, -0.2) is 50.9 Å². The number of aromatic nitrogens is 4. The fourth-order valence-electron chi connectivity index (χ4n) is 7.37. The van der Waals surface area contributed by atoms with E-state index >= 15 is 0 Å². The number of nitrogens with zero attached hydrogens (tertiary/aromatic N) is 4. The highest BCUT2D eigenvalue weighted by molar-refractivity contribution is 7.26. The van der Waals surface area contributed by atoms with Gasteiger partial charge in [-0.1, -0.05) is 119 Å². The molecule has 48 heavy (non-hydrogen) atoms. The van der Waals surface area contributed by atoms with Crippen molar-refractivity contribution < 1.29 is 0 Å². The van der Waals surface area contributed by atoms with Gasteiger partial charge in [-0.15, -0.1) is 11.3 Å². The summed E-state index contributed by atoms with van der Waals surface area (Å²) in [5.74, 6) is 2.07. The highest BCUT2D eigenvalue weighted by Crippen LogP contribution is 2.39. The SMILES string of the molecule is Bc1c(B)c(-n2c3ccccc3c3ccccc32)c(B)c(B)c1-c1nc(-c2ccccc2)nc(-c2cccc3c2sc2ccccc23)n1. The Morgan fingerprint density at radius 2 is 1.00 bits per heavy atom. The van der Waals surface area contributed by atoms with Crippen molar-refractivity contribution in [1.29, 1.82) is 0 Å². The Kier molecular flexibility index (Phi) is 6.66. The monoisotopic (exact) mass is 628 g/mol. The van der Waals surface area contributed by atoms with Crippen molar-refractivity contribution in [1.82, 2.24) is 19.5 Å². The molecule has 9 aromatic rings. The topological polar surface area (TPSA) is 43.6 Å². The summed E-state index contributed by atoms with van der Waals surface area (Å²) in [7, 11) is 8.91. The Hall–Kier alpha value is -5.39. The first-order chi connectivity index (χ1) is 23.5. The van der Waals surface area contributed by atoms with Gasteiger partial charge in [-0.2, -0.15) is 0 Å². The lowest BCUT2D eigenvalue weighted by atomic mass is 9.65. The van der Waals surface area contributed by atoms with Crippen molar-refractivity contribution in [3.05, 3.63) is 121 Å². The summed E-state index contributed by atoms with van der Waals surface area (Å²) in [4.78, 5) is 15.6. The van der Waals surface area contributed by atoms with Crippen molar-refractivity contribution in [3.8, 4) is 39.9 Å². The normalized spacial score (nSPS) is 11.7. The predicted octanol–water partition coefficient (Wildman–Crippen LogP) is 3.37. The molecule has 0 bridgehead atoms. The molecule has 0 saturated heterocycles. The molecule has 9 heteroatoms. The van der Waals surface area contributed by atoms with Crippen LogP contribution in [0.15, 0.2) is 121 Å². The third-order valence-corrected chi connectivity index (χ3v) is 11.1. The standard InChI is InChI=1S/C39H28B4N4S/c40-31-30(32(41)34(43)35(33(31)42)47-27-18-7-4-13-22(27)23-14-5-8-19-28(23)47)39-45-37(21-11-2-1-3-12-21)44-38(46-39)26-17-10-16-25-24-15-6-9-20-29(24)48-36(25)26/h1-20H,40-43H2. The van der Waals surface area contributed by atoms with E-state index in [1.807, 2.05) is 18.2 Å². The molecule has 0 amide bonds. The van der Waals surface area contributed by atoms with Crippen molar-refractivity contribution in [2.75, 3.05) is 0 Å². The molecular formula is C39H28B4N4S. The first kappa shape index (κ1) is 28.8. The van der Waals surface area contributed by atoms with E-state index in [4.69, 9.17) is 15.0 Å². The number of hydrogen-bond donors (Lipinski definition) is 0. The maximum Gasteiger partial charge on any atom is 0.165 e. The van der Waals surface area contributed by atoms with Gasteiger partial charge in [-0.3, -0.25) is 0 Å². The Bertz CT molecular complexity index is 2650. The molecular weight excluding hydrogens is 600 g/mol. The zero-order valence-corrected chi connectivity index (χ0v) is 28.1. The summed E-state index contributed by atoms with van der Waals surface area (Å²) in [5, 5.41) is 5.01. The second kappa shape index (κ2) is 11.1. The Morgan fingerprint density at radius 3 is 1.69 bits per heavy atom. The molecule has 0 aliphatic carbocycles. The van der Waals surface area contributed by atoms with E-state index in [-0.39, 0.29) is 0 Å². The molecule has 9 rings (SSSR count). The summed E-state index contributed by atoms with van der Waals surface area (Å²) in [6.45, 7) is 0. The second-order valence-corrected chi connectivity index (χ2v) is 13.6. The van der Waals surface area contributed by atoms with Crippen LogP contribution in [-0.2, 0) is 0 Å². The first-order valence-corrected chi connectivity index (χ1v) is 17.1. The molecule has 0 atom stereocenters. The van der Waals surface area contributed by atoms with Crippen LogP contribution in [0.2, 0.25) is 0 Å². The van der Waals surface area contributed by atoms with Crippen LogP contribution < -0.4 is 21.9 Å². The maximum absolute atomic E-state index is 5.29. The molecule has 0 saturated carbocycles. The summed E-state index contributed by atoms with van der Waals surface area (Å²) in [5.41, 5.74) is 11.5. The van der Waals surface area contributed by atoms with Crippen LogP contribution in [0.4, 0.5) is 0 Å². The summed E-state index contributed by atoms with van der Waals surface area (Å²) < 4.78 is 4.89. The lowest BCUT2D eigenvalue weighted by molar-refractivity contribution is 1.08. The van der Waals surface area contributed by atoms with Crippen LogP contribution in [0.5, 0.6) is 0 Å². The highest BCUT2D eigenvalue weighted by Gasteiger charge is 2.23. The van der Waals surface area contributed by atoms with Crippen molar-refractivity contribution in [3.63, 3.8) is 0 Å². The van der Waals surface area contributed by atoms with Gasteiger partial charge < -0.3 is 4.57 Å². The minimum atomic E-state index is 0.675. The summed E-state index contributed by atoms with van der Waals surface area (Å²) in [6, 6.07) is 42.7. The zero-order valence-electron chi connectivity index (χ0n) is 27.2. The Morgan fingerprint density at radius 1 is 0.458 bits per heavy atom. The van der Waals surface area contributed by atoms with Crippen LogP contribution in [0.3, 0.4) is 0 Å². The third-order valence-electron chi connectivity index (χ3n) is 9.93. The van der Waals surface area contributed by atoms with Gasteiger partial charge in [0.25, 0.3) is 0 Å². The molecule has 0 radical (unpaired) electrons. The summed E-state index contributed by atoms with van der Waals surface area (Å²) in [6.07, 6.45) is 0. The number of para-hydroxylation sites is 2. The molecule has 4 nitrogen and oxygen atoms in total. The molecule has 0 N–H and O–H groups in total. The molecule has 0 spiro atoms. The zero-order chi connectivity index (χ0) is 32.5. The maximum atomic E-state index is 5.29. The number of benzene rings is 6. The van der Waals surface area contributed by atoms with E-state index in [9.17, 15) is 0 Å². The quantitative estimate of drug-likeness (QED) is 0.281. The van der Waals surface area contributed by atoms with Gasteiger partial charge in [0.05, 0.1) is 11.0 Å². The lowest BCUT2D eigenvalue weighted by Crippen LogP contribution is -2.46. The number of rotatable bonds is 4. The second-order valence-electron chi connectivity index (χ2n) is 12.5. The fourth-order valence-corrected chi connectivity index (χ4v) is 8.59. The minimum Gasteiger partial charge on any atom is -0.310 e. The van der Waals surface area contributed by atoms with E-state index in [1.165, 1.54) is 69.5 Å². The smallest absolute Gasteiger partial charge is 0.165 e. The van der Waals surface area contributed by atoms with E-state index in [0.717, 1.165) is 16.7 Å². The van der Waals surface area contributed by atoms with Gasteiger partial charge in [0, 0.05) is 53.3 Å². The number of hydrogen-bond acceptors (Lipinski definition) is 4. The van der Waals surface area contributed by atoms with Gasteiger partial charge in [0.15, 0.2) is 17.5 Å². The van der Waals surface area contributed by atoms with Crippen LogP contribution >= 0.6 is 11.3 Å². The number of thiophene rings is 1. The van der Waals surface area contributed by atoms with E-state index in [1.54, 1.807) is 11.3 Å². The van der Waals surface area contributed by atoms with E-state index < -0.39 is 0 Å². The molecule has 0 aliphatic heterocycles. The van der Waals surface area contributed by atoms with Crippen LogP contribution in [0, 0.1) is 0 Å². The van der Waals surface area contributed by atoms with Crippen LogP contribution in [0.25, 0.3) is 81.8 Å². The first-order valence-electron chi connectivity index (χ1n) is 16.3. The minimum absolute atomic E-state index is 0.675. The summed E-state index contributed by atoms with van der Waals surface area (Å²) >= 11 is 1.80. The molecule has 0 unspecified atom stereocenters. The molecule has 0 aliphatic rings. The van der Waals surface area contributed by atoms with Crippen molar-refractivity contribution >= 4 is 107 Å².